The van der Waals surface area contributed by atoms with Crippen molar-refractivity contribution in [1.29, 1.82) is 0 Å². The molecule has 0 aromatic heterocycles. The zero-order chi connectivity index (χ0) is 28.8. The first-order valence-electron chi connectivity index (χ1n) is 12.8. The first-order valence-corrected chi connectivity index (χ1v) is 15.4. The summed E-state index contributed by atoms with van der Waals surface area (Å²) in [7, 11) is -3.97. The van der Waals surface area contributed by atoms with Crippen molar-refractivity contribution in [3.05, 3.63) is 117 Å². The zero-order valence-corrected chi connectivity index (χ0v) is 24.9. The van der Waals surface area contributed by atoms with Gasteiger partial charge in [-0.2, -0.15) is 0 Å². The minimum absolute atomic E-state index is 0.00646. The van der Waals surface area contributed by atoms with Gasteiger partial charge in [0.05, 0.1) is 22.2 Å². The molecule has 1 amide bonds. The van der Waals surface area contributed by atoms with E-state index in [1.54, 1.807) is 42.5 Å². The van der Waals surface area contributed by atoms with Crippen molar-refractivity contribution in [3.8, 4) is 11.5 Å². The van der Waals surface area contributed by atoms with Crippen LogP contribution in [0.25, 0.3) is 0 Å². The third kappa shape index (κ3) is 7.27. The fourth-order valence-electron chi connectivity index (χ4n) is 4.15. The molecule has 3 N–H and O–H groups in total. The second-order valence-corrected chi connectivity index (χ2v) is 12.2. The molecule has 4 aromatic rings. The monoisotopic (exact) mass is 652 g/mol. The number of amides is 1. The van der Waals surface area contributed by atoms with Crippen molar-refractivity contribution in [2.45, 2.75) is 11.3 Å². The van der Waals surface area contributed by atoms with E-state index in [-0.39, 0.29) is 22.2 Å². The molecular formula is C30H26BrClN4O4S. The maximum atomic E-state index is 13.1. The van der Waals surface area contributed by atoms with Crippen LogP contribution in [0.4, 0.5) is 5.69 Å². The highest BCUT2D eigenvalue weighted by molar-refractivity contribution is 9.10. The molecule has 11 heteroatoms. The van der Waals surface area contributed by atoms with E-state index in [2.05, 4.69) is 36.3 Å². The molecule has 4 aromatic carbocycles. The predicted molar refractivity (Wildman–Crippen MR) is 165 cm³/mol. The van der Waals surface area contributed by atoms with Gasteiger partial charge in [0.15, 0.2) is 5.75 Å². The number of amidine groups is 1. The third-order valence-electron chi connectivity index (χ3n) is 6.27. The van der Waals surface area contributed by atoms with Gasteiger partial charge in [0.2, 0.25) is 0 Å². The molecule has 1 aliphatic rings. The van der Waals surface area contributed by atoms with Crippen LogP contribution in [0.1, 0.15) is 21.5 Å². The number of halogens is 2. The number of ether oxygens (including phenoxy) is 1. The maximum absolute atomic E-state index is 13.1. The van der Waals surface area contributed by atoms with Gasteiger partial charge in [-0.05, 0) is 66.6 Å². The molecule has 8 nitrogen and oxygen atoms in total. The summed E-state index contributed by atoms with van der Waals surface area (Å²) in [5.74, 6) is 1.29. The first-order chi connectivity index (χ1) is 19.8. The van der Waals surface area contributed by atoms with Crippen LogP contribution in [0.3, 0.4) is 0 Å². The summed E-state index contributed by atoms with van der Waals surface area (Å²) in [6, 6.07) is 25.6. The van der Waals surface area contributed by atoms with E-state index in [0.29, 0.717) is 29.3 Å². The molecule has 0 saturated heterocycles. The van der Waals surface area contributed by atoms with Crippen molar-refractivity contribution in [2.75, 3.05) is 24.4 Å². The van der Waals surface area contributed by atoms with Crippen molar-refractivity contribution in [3.63, 3.8) is 0 Å². The highest BCUT2D eigenvalue weighted by Gasteiger charge is 2.18. The number of rotatable bonds is 10. The third-order valence-corrected chi connectivity index (χ3v) is 8.44. The maximum Gasteiger partial charge on any atom is 0.262 e. The number of hydrogen-bond donors (Lipinski definition) is 3. The van der Waals surface area contributed by atoms with Gasteiger partial charge in [-0.3, -0.25) is 14.5 Å². The van der Waals surface area contributed by atoms with Gasteiger partial charge in [-0.15, -0.1) is 0 Å². The minimum Gasteiger partial charge on any atom is -0.454 e. The fourth-order valence-corrected chi connectivity index (χ4v) is 5.93. The van der Waals surface area contributed by atoms with E-state index in [9.17, 15) is 13.2 Å². The summed E-state index contributed by atoms with van der Waals surface area (Å²) in [6.07, 6.45) is 0.662. The van der Waals surface area contributed by atoms with E-state index in [1.807, 2.05) is 24.3 Å². The SMILES string of the molecule is O=C(NCCc1ccc(C2=NCCN2)cc1)c1ccc(S(=O)(=O)Nc2ccccc2Oc2ccc(Br)cc2Cl)cc1. The average molecular weight is 654 g/mol. The Morgan fingerprint density at radius 3 is 2.44 bits per heavy atom. The van der Waals surface area contributed by atoms with Gasteiger partial charge < -0.3 is 15.4 Å². The highest BCUT2D eigenvalue weighted by Crippen LogP contribution is 2.35. The lowest BCUT2D eigenvalue weighted by molar-refractivity contribution is 0.0954. The summed E-state index contributed by atoms with van der Waals surface area (Å²) in [4.78, 5) is 17.1. The number of carbonyl (C=O) groups excluding carboxylic acids is 1. The summed E-state index contributed by atoms with van der Waals surface area (Å²) in [5.41, 5.74) is 2.74. The normalized spacial score (nSPS) is 12.8. The van der Waals surface area contributed by atoms with Gasteiger partial charge in [-0.25, -0.2) is 8.42 Å². The van der Waals surface area contributed by atoms with Crippen LogP contribution >= 0.6 is 27.5 Å². The summed E-state index contributed by atoms with van der Waals surface area (Å²) in [5, 5.41) is 6.50. The van der Waals surface area contributed by atoms with E-state index < -0.39 is 10.0 Å². The lowest BCUT2D eigenvalue weighted by atomic mass is 10.1. The number of hydrogen-bond acceptors (Lipinski definition) is 6. The van der Waals surface area contributed by atoms with Gasteiger partial charge in [0.1, 0.15) is 11.6 Å². The van der Waals surface area contributed by atoms with Crippen molar-refractivity contribution in [1.82, 2.24) is 10.6 Å². The van der Waals surface area contributed by atoms with E-state index in [1.165, 1.54) is 24.3 Å². The second kappa shape index (κ2) is 12.8. The van der Waals surface area contributed by atoms with Crippen molar-refractivity contribution in [2.24, 2.45) is 4.99 Å². The Hall–Kier alpha value is -3.86. The molecule has 0 aliphatic carbocycles. The quantitative estimate of drug-likeness (QED) is 0.194. The van der Waals surface area contributed by atoms with E-state index in [4.69, 9.17) is 16.3 Å². The molecule has 0 saturated carbocycles. The molecule has 1 aliphatic heterocycles. The van der Waals surface area contributed by atoms with Crippen LogP contribution in [0.5, 0.6) is 11.5 Å². The molecule has 1 heterocycles. The van der Waals surface area contributed by atoms with Gasteiger partial charge in [0.25, 0.3) is 15.9 Å². The van der Waals surface area contributed by atoms with Gasteiger partial charge in [0, 0.05) is 28.7 Å². The number of benzene rings is 4. The van der Waals surface area contributed by atoms with Crippen LogP contribution in [-0.2, 0) is 16.4 Å². The van der Waals surface area contributed by atoms with Crippen LogP contribution in [-0.4, -0.2) is 39.8 Å². The summed E-state index contributed by atoms with van der Waals surface area (Å²) >= 11 is 9.61. The number of nitrogens with zero attached hydrogens (tertiary/aromatic N) is 1. The lowest BCUT2D eigenvalue weighted by Gasteiger charge is -2.14. The molecular weight excluding hydrogens is 628 g/mol. The number of nitrogens with one attached hydrogen (secondary N) is 3. The summed E-state index contributed by atoms with van der Waals surface area (Å²) in [6.45, 7) is 2.09. The molecule has 0 bridgehead atoms. The molecule has 5 rings (SSSR count). The molecule has 210 valence electrons. The Bertz CT molecular complexity index is 1690. The largest absolute Gasteiger partial charge is 0.454 e. The number of carbonyl (C=O) groups is 1. The molecule has 0 atom stereocenters. The fraction of sp³-hybridized carbons (Fsp3) is 0.133. The topological polar surface area (TPSA) is 109 Å². The predicted octanol–water partition coefficient (Wildman–Crippen LogP) is 6.02. The van der Waals surface area contributed by atoms with Crippen molar-refractivity contribution < 1.29 is 17.9 Å². The standard InChI is InChI=1S/C30H26BrClN4O4S/c31-23-11-14-27(25(32)19-23)40-28-4-2-1-3-26(28)36-41(38,39)24-12-9-22(10-13-24)30(37)35-16-15-20-5-7-21(8-6-20)29-33-17-18-34-29/h1-14,19,36H,15-18H2,(H,33,34)(H,35,37). The van der Waals surface area contributed by atoms with Crippen LogP contribution in [0.2, 0.25) is 5.02 Å². The second-order valence-electron chi connectivity index (χ2n) is 9.16. The van der Waals surface area contributed by atoms with Crippen LogP contribution in [0, 0.1) is 0 Å². The van der Waals surface area contributed by atoms with E-state index in [0.717, 1.165) is 34.5 Å². The molecule has 0 spiro atoms. The Morgan fingerprint density at radius 1 is 0.976 bits per heavy atom. The smallest absolute Gasteiger partial charge is 0.262 e. The zero-order valence-electron chi connectivity index (χ0n) is 21.7. The molecule has 41 heavy (non-hydrogen) atoms. The Kier molecular flexibility index (Phi) is 8.92. The minimum atomic E-state index is -3.97. The molecule has 0 fully saturated rings. The molecule has 0 unspecified atom stereocenters. The van der Waals surface area contributed by atoms with E-state index >= 15 is 0 Å². The lowest BCUT2D eigenvalue weighted by Crippen LogP contribution is -2.25. The summed E-state index contributed by atoms with van der Waals surface area (Å²) < 4.78 is 35.5. The van der Waals surface area contributed by atoms with Gasteiger partial charge >= 0.3 is 0 Å². The molecule has 0 radical (unpaired) electrons. The highest BCUT2D eigenvalue weighted by atomic mass is 79.9. The van der Waals surface area contributed by atoms with Crippen LogP contribution in [0.15, 0.2) is 105 Å². The Labute approximate surface area is 252 Å². The average Bonchev–Trinajstić information content (AvgIpc) is 3.51. The van der Waals surface area contributed by atoms with Crippen LogP contribution < -0.4 is 20.1 Å². The Balaban J connectivity index is 1.18. The first kappa shape index (κ1) is 28.7. The number of sulfonamides is 1. The number of anilines is 1. The van der Waals surface area contributed by atoms with Gasteiger partial charge in [-0.1, -0.05) is 63.9 Å². The number of aliphatic imine (C=N–C) groups is 1. The Morgan fingerprint density at radius 2 is 1.73 bits per heavy atom. The van der Waals surface area contributed by atoms with Crippen molar-refractivity contribution >= 4 is 55.0 Å². The number of para-hydroxylation sites is 2.